The van der Waals surface area contributed by atoms with Gasteiger partial charge in [-0.2, -0.15) is 0 Å². The predicted molar refractivity (Wildman–Crippen MR) is 39.1 cm³/mol. The minimum atomic E-state index is -0.262. The molecule has 1 aliphatic rings. The first kappa shape index (κ1) is 7.64. The summed E-state index contributed by atoms with van der Waals surface area (Å²) in [5, 5.41) is 0. The van der Waals surface area contributed by atoms with Crippen molar-refractivity contribution in [3.8, 4) is 0 Å². The zero-order valence-corrected chi connectivity index (χ0v) is 6.82. The molecule has 1 fully saturated rings. The smallest absolute Gasteiger partial charge is 0.110 e. The zero-order valence-electron chi connectivity index (χ0n) is 5.31. The van der Waals surface area contributed by atoms with Crippen LogP contribution in [-0.4, -0.2) is 17.0 Å². The molecule has 0 spiro atoms. The van der Waals surface area contributed by atoms with Crippen molar-refractivity contribution in [1.29, 1.82) is 0 Å². The normalized spacial score (nSPS) is 34.7. The molecule has 0 radical (unpaired) electrons. The van der Waals surface area contributed by atoms with Crippen molar-refractivity contribution in [2.75, 3.05) is 0 Å². The van der Waals surface area contributed by atoms with Gasteiger partial charge in [0.25, 0.3) is 0 Å². The molecule has 9 heavy (non-hydrogen) atoms. The maximum Gasteiger partial charge on any atom is 0.110 e. The fraction of sp³-hybridized carbons (Fsp3) is 1.00. The van der Waals surface area contributed by atoms with E-state index in [1.165, 1.54) is 0 Å². The van der Waals surface area contributed by atoms with Gasteiger partial charge in [0, 0.05) is 6.42 Å². The van der Waals surface area contributed by atoms with Crippen LogP contribution >= 0.6 is 23.2 Å². The average Bonchev–Trinajstić information content (AvgIpc) is 1.60. The SMILES string of the molecule is CC1CC(CC(Cl)Cl)O1. The standard InChI is InChI=1S/C6H10Cl2O/c1-4-2-5(9-4)3-6(7)8/h4-6H,2-3H2,1H3. The van der Waals surface area contributed by atoms with Gasteiger partial charge in [-0.3, -0.25) is 0 Å². The van der Waals surface area contributed by atoms with Gasteiger partial charge in [0.2, 0.25) is 0 Å². The van der Waals surface area contributed by atoms with Crippen LogP contribution in [0.3, 0.4) is 0 Å². The lowest BCUT2D eigenvalue weighted by atomic mass is 10.0. The molecule has 0 N–H and O–H groups in total. The molecule has 54 valence electrons. The van der Waals surface area contributed by atoms with E-state index in [0.29, 0.717) is 12.2 Å². The van der Waals surface area contributed by atoms with E-state index in [1.54, 1.807) is 0 Å². The van der Waals surface area contributed by atoms with E-state index < -0.39 is 0 Å². The summed E-state index contributed by atoms with van der Waals surface area (Å²) < 4.78 is 5.28. The lowest BCUT2D eigenvalue weighted by molar-refractivity contribution is -0.114. The van der Waals surface area contributed by atoms with E-state index in [4.69, 9.17) is 27.9 Å². The van der Waals surface area contributed by atoms with Crippen molar-refractivity contribution < 1.29 is 4.74 Å². The van der Waals surface area contributed by atoms with Gasteiger partial charge in [-0.15, -0.1) is 23.2 Å². The quantitative estimate of drug-likeness (QED) is 0.576. The number of hydrogen-bond donors (Lipinski definition) is 0. The third-order valence-corrected chi connectivity index (χ3v) is 1.82. The van der Waals surface area contributed by atoms with Gasteiger partial charge in [-0.1, -0.05) is 0 Å². The van der Waals surface area contributed by atoms with Crippen LogP contribution in [0.1, 0.15) is 19.8 Å². The summed E-state index contributed by atoms with van der Waals surface area (Å²) in [6.45, 7) is 2.05. The number of halogens is 2. The molecule has 0 aromatic heterocycles. The summed E-state index contributed by atoms with van der Waals surface area (Å²) in [4.78, 5) is -0.262. The Morgan fingerprint density at radius 1 is 1.67 bits per heavy atom. The summed E-state index contributed by atoms with van der Waals surface area (Å²) >= 11 is 11.0. The van der Waals surface area contributed by atoms with Crippen molar-refractivity contribution in [1.82, 2.24) is 0 Å². The molecule has 0 saturated carbocycles. The summed E-state index contributed by atoms with van der Waals surface area (Å²) in [6, 6.07) is 0. The van der Waals surface area contributed by atoms with Crippen LogP contribution in [0.2, 0.25) is 0 Å². The monoisotopic (exact) mass is 168 g/mol. The molecule has 0 amide bonds. The van der Waals surface area contributed by atoms with Gasteiger partial charge in [0.1, 0.15) is 4.84 Å². The molecular weight excluding hydrogens is 159 g/mol. The topological polar surface area (TPSA) is 9.23 Å². The van der Waals surface area contributed by atoms with Gasteiger partial charge in [0.05, 0.1) is 12.2 Å². The molecule has 0 aromatic rings. The highest BCUT2D eigenvalue weighted by Gasteiger charge is 2.27. The van der Waals surface area contributed by atoms with Crippen molar-refractivity contribution in [2.24, 2.45) is 0 Å². The predicted octanol–water partition coefficient (Wildman–Crippen LogP) is 2.36. The van der Waals surface area contributed by atoms with Crippen molar-refractivity contribution in [3.63, 3.8) is 0 Å². The Labute approximate surface area is 65.3 Å². The zero-order chi connectivity index (χ0) is 6.85. The third kappa shape index (κ3) is 2.32. The molecule has 3 heteroatoms. The third-order valence-electron chi connectivity index (χ3n) is 1.46. The summed E-state index contributed by atoms with van der Waals surface area (Å²) in [5.74, 6) is 0. The molecule has 0 bridgehead atoms. The molecule has 0 aromatic carbocycles. The van der Waals surface area contributed by atoms with E-state index >= 15 is 0 Å². The van der Waals surface area contributed by atoms with Crippen molar-refractivity contribution in [2.45, 2.75) is 36.8 Å². The number of alkyl halides is 2. The van der Waals surface area contributed by atoms with Crippen LogP contribution in [0.25, 0.3) is 0 Å². The van der Waals surface area contributed by atoms with Crippen LogP contribution in [0.15, 0.2) is 0 Å². The molecule has 1 aliphatic heterocycles. The van der Waals surface area contributed by atoms with Crippen LogP contribution in [0.4, 0.5) is 0 Å². The molecule has 1 rings (SSSR count). The molecule has 1 saturated heterocycles. The summed E-state index contributed by atoms with van der Waals surface area (Å²) in [5.41, 5.74) is 0. The molecular formula is C6H10Cl2O. The lowest BCUT2D eigenvalue weighted by Gasteiger charge is -2.33. The molecule has 2 unspecified atom stereocenters. The maximum atomic E-state index is 5.52. The number of rotatable bonds is 2. The van der Waals surface area contributed by atoms with Crippen LogP contribution in [0, 0.1) is 0 Å². The van der Waals surface area contributed by atoms with E-state index in [2.05, 4.69) is 0 Å². The minimum Gasteiger partial charge on any atom is -0.375 e. The molecule has 2 atom stereocenters. The number of ether oxygens (including phenoxy) is 1. The second-order valence-corrected chi connectivity index (χ2v) is 3.71. The van der Waals surface area contributed by atoms with Crippen LogP contribution in [0.5, 0.6) is 0 Å². The Balaban J connectivity index is 2.04. The van der Waals surface area contributed by atoms with Crippen LogP contribution in [-0.2, 0) is 4.74 Å². The summed E-state index contributed by atoms with van der Waals surface area (Å²) in [6.07, 6.45) is 2.62. The highest BCUT2D eigenvalue weighted by Crippen LogP contribution is 2.26. The summed E-state index contributed by atoms with van der Waals surface area (Å²) in [7, 11) is 0. The first-order valence-corrected chi connectivity index (χ1v) is 3.99. The van der Waals surface area contributed by atoms with Crippen LogP contribution < -0.4 is 0 Å². The Bertz CT molecular complexity index is 89.1. The second-order valence-electron chi connectivity index (χ2n) is 2.43. The van der Waals surface area contributed by atoms with Gasteiger partial charge in [-0.25, -0.2) is 0 Å². The largest absolute Gasteiger partial charge is 0.375 e. The molecule has 1 nitrogen and oxygen atoms in total. The highest BCUT2D eigenvalue weighted by atomic mass is 35.5. The van der Waals surface area contributed by atoms with Crippen molar-refractivity contribution >= 4 is 23.2 Å². The Morgan fingerprint density at radius 3 is 2.56 bits per heavy atom. The molecule has 0 aliphatic carbocycles. The van der Waals surface area contributed by atoms with Gasteiger partial charge in [-0.05, 0) is 13.3 Å². The highest BCUT2D eigenvalue weighted by molar-refractivity contribution is 6.44. The van der Waals surface area contributed by atoms with Crippen molar-refractivity contribution in [3.05, 3.63) is 0 Å². The fourth-order valence-corrected chi connectivity index (χ4v) is 1.44. The first-order valence-electron chi connectivity index (χ1n) is 3.12. The fourth-order valence-electron chi connectivity index (χ4n) is 1.04. The Kier molecular flexibility index (Phi) is 2.62. The Hall–Kier alpha value is 0.540. The number of hydrogen-bond acceptors (Lipinski definition) is 1. The van der Waals surface area contributed by atoms with E-state index in [9.17, 15) is 0 Å². The lowest BCUT2D eigenvalue weighted by Crippen LogP contribution is -2.35. The first-order chi connectivity index (χ1) is 4.18. The second kappa shape index (κ2) is 3.09. The molecule has 1 heterocycles. The van der Waals surface area contributed by atoms with E-state index in [1.807, 2.05) is 6.92 Å². The minimum absolute atomic E-state index is 0.262. The van der Waals surface area contributed by atoms with Gasteiger partial charge >= 0.3 is 0 Å². The van der Waals surface area contributed by atoms with E-state index in [0.717, 1.165) is 12.8 Å². The van der Waals surface area contributed by atoms with E-state index in [-0.39, 0.29) is 4.84 Å². The van der Waals surface area contributed by atoms with Gasteiger partial charge < -0.3 is 4.74 Å². The average molecular weight is 169 g/mol. The van der Waals surface area contributed by atoms with Gasteiger partial charge in [0.15, 0.2) is 0 Å². The Morgan fingerprint density at radius 2 is 2.22 bits per heavy atom. The maximum absolute atomic E-state index is 5.52.